The van der Waals surface area contributed by atoms with Crippen LogP contribution in [0.5, 0.6) is 5.75 Å². The van der Waals surface area contributed by atoms with Gasteiger partial charge in [-0.05, 0) is 24.1 Å². The van der Waals surface area contributed by atoms with Crippen LogP contribution in [0.1, 0.15) is 5.56 Å². The first kappa shape index (κ1) is 15.6. The molecule has 0 amide bonds. The normalized spacial score (nSPS) is 10.9. The van der Waals surface area contributed by atoms with Gasteiger partial charge in [0.1, 0.15) is 5.75 Å². The van der Waals surface area contributed by atoms with Gasteiger partial charge in [-0.25, -0.2) is 0 Å². The number of fused-ring (bicyclic) bond motifs is 1. The number of rotatable bonds is 5. The maximum atomic E-state index is 11.8. The molecule has 0 bridgehead atoms. The highest BCUT2D eigenvalue weighted by molar-refractivity contribution is 5.94. The molecule has 1 aromatic heterocycles. The number of pyridine rings is 1. The standard InChI is InChI=1S/C15H15NO6/c1-16-12(17)6-4-9-8(3-5-11(22-2)13(9)16)7-10(14(18)19)15(20)21/h3-6,10H,7H2,1-2H3,(H,18,19)(H,20,21). The summed E-state index contributed by atoms with van der Waals surface area (Å²) in [6.45, 7) is 0. The van der Waals surface area contributed by atoms with Crippen LogP contribution in [0.25, 0.3) is 10.9 Å². The molecule has 116 valence electrons. The van der Waals surface area contributed by atoms with Gasteiger partial charge in [0.2, 0.25) is 0 Å². The smallest absolute Gasteiger partial charge is 0.318 e. The van der Waals surface area contributed by atoms with E-state index in [0.29, 0.717) is 22.2 Å². The molecular weight excluding hydrogens is 290 g/mol. The Morgan fingerprint density at radius 1 is 1.18 bits per heavy atom. The van der Waals surface area contributed by atoms with Crippen molar-refractivity contribution < 1.29 is 24.5 Å². The molecule has 1 heterocycles. The summed E-state index contributed by atoms with van der Waals surface area (Å²) >= 11 is 0. The number of carboxylic acids is 2. The molecule has 0 aliphatic rings. The van der Waals surface area contributed by atoms with E-state index < -0.39 is 17.9 Å². The summed E-state index contributed by atoms with van der Waals surface area (Å²) < 4.78 is 6.61. The molecular formula is C15H15NO6. The van der Waals surface area contributed by atoms with Crippen LogP contribution in [0.3, 0.4) is 0 Å². The zero-order chi connectivity index (χ0) is 16.4. The van der Waals surface area contributed by atoms with Crippen LogP contribution in [-0.4, -0.2) is 33.8 Å². The van der Waals surface area contributed by atoms with E-state index in [1.807, 2.05) is 0 Å². The number of hydrogen-bond acceptors (Lipinski definition) is 4. The van der Waals surface area contributed by atoms with E-state index in [9.17, 15) is 14.4 Å². The minimum atomic E-state index is -1.55. The van der Waals surface area contributed by atoms with Gasteiger partial charge in [0.05, 0.1) is 12.6 Å². The second-order valence-corrected chi connectivity index (χ2v) is 4.85. The number of nitrogens with zero attached hydrogens (tertiary/aromatic N) is 1. The molecule has 2 N–H and O–H groups in total. The Balaban J connectivity index is 2.66. The summed E-state index contributed by atoms with van der Waals surface area (Å²) in [7, 11) is 3.03. The average Bonchev–Trinajstić information content (AvgIpc) is 2.47. The molecule has 7 nitrogen and oxygen atoms in total. The predicted octanol–water partition coefficient (Wildman–Crippen LogP) is 0.875. The molecule has 0 saturated heterocycles. The van der Waals surface area contributed by atoms with E-state index in [1.165, 1.54) is 17.7 Å². The lowest BCUT2D eigenvalue weighted by molar-refractivity contribution is -0.154. The summed E-state index contributed by atoms with van der Waals surface area (Å²) in [5.74, 6) is -3.89. The van der Waals surface area contributed by atoms with Gasteiger partial charge >= 0.3 is 11.9 Å². The lowest BCUT2D eigenvalue weighted by Gasteiger charge is -2.14. The lowest BCUT2D eigenvalue weighted by Crippen LogP contribution is -2.26. The Kier molecular flexibility index (Phi) is 4.16. The third-order valence-corrected chi connectivity index (χ3v) is 3.57. The summed E-state index contributed by atoms with van der Waals surface area (Å²) in [5.41, 5.74) is 0.791. The largest absolute Gasteiger partial charge is 0.495 e. The van der Waals surface area contributed by atoms with Crippen molar-refractivity contribution in [1.82, 2.24) is 4.57 Å². The first-order chi connectivity index (χ1) is 10.4. The van der Waals surface area contributed by atoms with Crippen LogP contribution in [0.4, 0.5) is 0 Å². The fourth-order valence-electron chi connectivity index (χ4n) is 2.38. The van der Waals surface area contributed by atoms with Crippen molar-refractivity contribution in [1.29, 1.82) is 0 Å². The van der Waals surface area contributed by atoms with Crippen LogP contribution in [-0.2, 0) is 23.1 Å². The third-order valence-electron chi connectivity index (χ3n) is 3.57. The topological polar surface area (TPSA) is 106 Å². The number of aryl methyl sites for hydroxylation is 1. The lowest BCUT2D eigenvalue weighted by atomic mass is 9.96. The number of hydrogen-bond donors (Lipinski definition) is 2. The fraction of sp³-hybridized carbons (Fsp3) is 0.267. The molecule has 2 aromatic rings. The van der Waals surface area contributed by atoms with Gasteiger partial charge in [0, 0.05) is 18.5 Å². The Bertz CT molecular complexity index is 794. The Morgan fingerprint density at radius 3 is 2.36 bits per heavy atom. The molecule has 0 atom stereocenters. The number of carboxylic acid groups (broad SMARTS) is 2. The zero-order valence-electron chi connectivity index (χ0n) is 12.1. The van der Waals surface area contributed by atoms with E-state index in [-0.39, 0.29) is 12.0 Å². The van der Waals surface area contributed by atoms with Crippen LogP contribution in [0.2, 0.25) is 0 Å². The summed E-state index contributed by atoms with van der Waals surface area (Å²) in [6, 6.07) is 6.11. The number of aliphatic carboxylic acids is 2. The molecule has 22 heavy (non-hydrogen) atoms. The van der Waals surface area contributed by atoms with Gasteiger partial charge in [-0.2, -0.15) is 0 Å². The summed E-state index contributed by atoms with van der Waals surface area (Å²) in [4.78, 5) is 33.9. The van der Waals surface area contributed by atoms with E-state index in [1.54, 1.807) is 25.2 Å². The Hall–Kier alpha value is -2.83. The first-order valence-electron chi connectivity index (χ1n) is 6.48. The molecule has 0 fully saturated rings. The van der Waals surface area contributed by atoms with Crippen molar-refractivity contribution >= 4 is 22.8 Å². The van der Waals surface area contributed by atoms with Crippen LogP contribution < -0.4 is 10.3 Å². The Morgan fingerprint density at radius 2 is 1.82 bits per heavy atom. The summed E-state index contributed by atoms with van der Waals surface area (Å²) in [5, 5.41) is 18.6. The second kappa shape index (κ2) is 5.88. The Labute approximate surface area is 125 Å². The van der Waals surface area contributed by atoms with Crippen LogP contribution in [0, 0.1) is 5.92 Å². The first-order valence-corrected chi connectivity index (χ1v) is 6.48. The highest BCUT2D eigenvalue weighted by Gasteiger charge is 2.27. The molecule has 0 saturated carbocycles. The van der Waals surface area contributed by atoms with Crippen molar-refractivity contribution in [3.63, 3.8) is 0 Å². The average molecular weight is 305 g/mol. The van der Waals surface area contributed by atoms with Crippen molar-refractivity contribution in [3.05, 3.63) is 40.2 Å². The van der Waals surface area contributed by atoms with E-state index in [4.69, 9.17) is 14.9 Å². The van der Waals surface area contributed by atoms with E-state index in [2.05, 4.69) is 0 Å². The van der Waals surface area contributed by atoms with Crippen molar-refractivity contribution in [2.45, 2.75) is 6.42 Å². The molecule has 0 spiro atoms. The number of methoxy groups -OCH3 is 1. The fourth-order valence-corrected chi connectivity index (χ4v) is 2.38. The minimum Gasteiger partial charge on any atom is -0.495 e. The molecule has 7 heteroatoms. The van der Waals surface area contributed by atoms with Crippen LogP contribution >= 0.6 is 0 Å². The molecule has 1 aromatic carbocycles. The van der Waals surface area contributed by atoms with Gasteiger partial charge < -0.3 is 19.5 Å². The molecule has 0 aliphatic heterocycles. The van der Waals surface area contributed by atoms with Crippen LogP contribution in [0.15, 0.2) is 29.1 Å². The number of benzene rings is 1. The monoisotopic (exact) mass is 305 g/mol. The van der Waals surface area contributed by atoms with Gasteiger partial charge in [-0.15, -0.1) is 0 Å². The number of aromatic nitrogens is 1. The third kappa shape index (κ3) is 2.65. The second-order valence-electron chi connectivity index (χ2n) is 4.85. The summed E-state index contributed by atoms with van der Waals surface area (Å²) in [6.07, 6.45) is -0.177. The highest BCUT2D eigenvalue weighted by atomic mass is 16.5. The highest BCUT2D eigenvalue weighted by Crippen LogP contribution is 2.28. The molecule has 0 unspecified atom stereocenters. The van der Waals surface area contributed by atoms with E-state index in [0.717, 1.165) is 0 Å². The molecule has 2 rings (SSSR count). The molecule has 0 radical (unpaired) electrons. The van der Waals surface area contributed by atoms with Gasteiger partial charge in [-0.1, -0.05) is 6.07 Å². The maximum Gasteiger partial charge on any atom is 0.318 e. The van der Waals surface area contributed by atoms with Crippen molar-refractivity contribution in [2.24, 2.45) is 13.0 Å². The minimum absolute atomic E-state index is 0.177. The number of ether oxygens (including phenoxy) is 1. The van der Waals surface area contributed by atoms with Crippen molar-refractivity contribution in [3.8, 4) is 5.75 Å². The predicted molar refractivity (Wildman–Crippen MR) is 78.2 cm³/mol. The van der Waals surface area contributed by atoms with Gasteiger partial charge in [0.15, 0.2) is 5.92 Å². The van der Waals surface area contributed by atoms with Crippen molar-refractivity contribution in [2.75, 3.05) is 7.11 Å². The van der Waals surface area contributed by atoms with E-state index >= 15 is 0 Å². The SMILES string of the molecule is COc1ccc(CC(C(=O)O)C(=O)O)c2ccc(=O)n(C)c12. The zero-order valence-corrected chi connectivity index (χ0v) is 12.1. The molecule has 0 aliphatic carbocycles. The van der Waals surface area contributed by atoms with Gasteiger partial charge in [-0.3, -0.25) is 14.4 Å². The van der Waals surface area contributed by atoms with Gasteiger partial charge in [0.25, 0.3) is 5.56 Å². The quantitative estimate of drug-likeness (QED) is 0.794. The maximum absolute atomic E-state index is 11.8. The number of carbonyl (C=O) groups is 2.